The van der Waals surface area contributed by atoms with Crippen LogP contribution in [0.1, 0.15) is 22.8 Å². The standard InChI is InChI=1S/C23H22N2O3/c1-16-7-6-10-21(15-16)28-17(2)22(26)24-19-11-13-20(14-12-19)25-23(27)18-8-4-3-5-9-18/h3-15,17H,1-2H3,(H,24,26)(H,25,27). The third-order valence-corrected chi connectivity index (χ3v) is 4.12. The number of amides is 2. The van der Waals surface area contributed by atoms with Crippen molar-refractivity contribution in [1.29, 1.82) is 0 Å². The normalized spacial score (nSPS) is 11.4. The fourth-order valence-corrected chi connectivity index (χ4v) is 2.62. The summed E-state index contributed by atoms with van der Waals surface area (Å²) in [5, 5.41) is 5.64. The van der Waals surface area contributed by atoms with Crippen molar-refractivity contribution in [1.82, 2.24) is 0 Å². The van der Waals surface area contributed by atoms with E-state index in [2.05, 4.69) is 10.6 Å². The van der Waals surface area contributed by atoms with Gasteiger partial charge in [-0.2, -0.15) is 0 Å². The molecule has 0 radical (unpaired) electrons. The van der Waals surface area contributed by atoms with Crippen molar-refractivity contribution < 1.29 is 14.3 Å². The molecule has 0 aliphatic heterocycles. The molecule has 0 bridgehead atoms. The third-order valence-electron chi connectivity index (χ3n) is 4.12. The minimum atomic E-state index is -0.640. The van der Waals surface area contributed by atoms with Crippen LogP contribution in [-0.2, 0) is 4.79 Å². The van der Waals surface area contributed by atoms with E-state index < -0.39 is 6.10 Å². The predicted octanol–water partition coefficient (Wildman–Crippen LogP) is 4.65. The number of nitrogens with one attached hydrogen (secondary N) is 2. The molecule has 1 atom stereocenters. The summed E-state index contributed by atoms with van der Waals surface area (Å²) >= 11 is 0. The smallest absolute Gasteiger partial charge is 0.265 e. The van der Waals surface area contributed by atoms with Crippen LogP contribution in [0.2, 0.25) is 0 Å². The molecule has 0 saturated carbocycles. The summed E-state index contributed by atoms with van der Waals surface area (Å²) in [5.41, 5.74) is 2.93. The summed E-state index contributed by atoms with van der Waals surface area (Å²) in [5.74, 6) is 0.224. The Hall–Kier alpha value is -3.60. The van der Waals surface area contributed by atoms with Crippen molar-refractivity contribution in [3.63, 3.8) is 0 Å². The summed E-state index contributed by atoms with van der Waals surface area (Å²) in [6, 6.07) is 23.5. The molecular formula is C23H22N2O3. The number of ether oxygens (including phenoxy) is 1. The lowest BCUT2D eigenvalue weighted by Gasteiger charge is -2.15. The van der Waals surface area contributed by atoms with Gasteiger partial charge in [0.1, 0.15) is 5.75 Å². The number of anilines is 2. The summed E-state index contributed by atoms with van der Waals surface area (Å²) in [6.45, 7) is 3.67. The maximum absolute atomic E-state index is 12.3. The largest absolute Gasteiger partial charge is 0.481 e. The number of aryl methyl sites for hydroxylation is 1. The van der Waals surface area contributed by atoms with Gasteiger partial charge in [-0.25, -0.2) is 0 Å². The molecule has 0 aromatic heterocycles. The molecule has 3 rings (SSSR count). The molecule has 28 heavy (non-hydrogen) atoms. The summed E-state index contributed by atoms with van der Waals surface area (Å²) in [6.07, 6.45) is -0.640. The van der Waals surface area contributed by atoms with Gasteiger partial charge in [0.05, 0.1) is 0 Å². The topological polar surface area (TPSA) is 67.4 Å². The molecule has 5 heteroatoms. The second-order valence-corrected chi connectivity index (χ2v) is 6.46. The maximum atomic E-state index is 12.3. The monoisotopic (exact) mass is 374 g/mol. The average Bonchev–Trinajstić information content (AvgIpc) is 2.70. The van der Waals surface area contributed by atoms with Gasteiger partial charge in [0, 0.05) is 16.9 Å². The number of hydrogen-bond acceptors (Lipinski definition) is 3. The van der Waals surface area contributed by atoms with Gasteiger partial charge >= 0.3 is 0 Å². The molecule has 5 nitrogen and oxygen atoms in total. The van der Waals surface area contributed by atoms with E-state index in [-0.39, 0.29) is 11.8 Å². The molecule has 0 heterocycles. The fraction of sp³-hybridized carbons (Fsp3) is 0.130. The number of carbonyl (C=O) groups excluding carboxylic acids is 2. The minimum Gasteiger partial charge on any atom is -0.481 e. The van der Waals surface area contributed by atoms with E-state index >= 15 is 0 Å². The van der Waals surface area contributed by atoms with Crippen LogP contribution in [0.15, 0.2) is 78.9 Å². The Morgan fingerprint density at radius 2 is 1.46 bits per heavy atom. The highest BCUT2D eigenvalue weighted by Crippen LogP contribution is 2.17. The Labute approximate surface area is 164 Å². The summed E-state index contributed by atoms with van der Waals surface area (Å²) < 4.78 is 5.69. The Morgan fingerprint density at radius 3 is 2.11 bits per heavy atom. The maximum Gasteiger partial charge on any atom is 0.265 e. The van der Waals surface area contributed by atoms with E-state index in [1.807, 2.05) is 49.4 Å². The fourth-order valence-electron chi connectivity index (χ4n) is 2.62. The number of hydrogen-bond donors (Lipinski definition) is 2. The van der Waals surface area contributed by atoms with Gasteiger partial charge in [0.15, 0.2) is 6.10 Å². The summed E-state index contributed by atoms with van der Waals surface area (Å²) in [7, 11) is 0. The first-order valence-corrected chi connectivity index (χ1v) is 9.02. The first kappa shape index (κ1) is 19.2. The van der Waals surface area contributed by atoms with E-state index in [0.717, 1.165) is 5.56 Å². The van der Waals surface area contributed by atoms with Crippen LogP contribution in [0, 0.1) is 6.92 Å². The number of carbonyl (C=O) groups is 2. The van der Waals surface area contributed by atoms with Gasteiger partial charge < -0.3 is 15.4 Å². The first-order chi connectivity index (χ1) is 13.5. The van der Waals surface area contributed by atoms with Crippen LogP contribution in [0.4, 0.5) is 11.4 Å². The zero-order chi connectivity index (χ0) is 19.9. The van der Waals surface area contributed by atoms with Crippen molar-refractivity contribution in [2.45, 2.75) is 20.0 Å². The van der Waals surface area contributed by atoms with Crippen molar-refractivity contribution >= 4 is 23.2 Å². The van der Waals surface area contributed by atoms with Gasteiger partial charge in [0.25, 0.3) is 11.8 Å². The lowest BCUT2D eigenvalue weighted by atomic mass is 10.2. The predicted molar refractivity (Wildman–Crippen MR) is 111 cm³/mol. The van der Waals surface area contributed by atoms with Crippen LogP contribution in [0.5, 0.6) is 5.75 Å². The van der Waals surface area contributed by atoms with E-state index in [0.29, 0.717) is 22.7 Å². The van der Waals surface area contributed by atoms with Gasteiger partial charge in [0.2, 0.25) is 0 Å². The van der Waals surface area contributed by atoms with Crippen LogP contribution >= 0.6 is 0 Å². The van der Waals surface area contributed by atoms with Crippen molar-refractivity contribution in [3.8, 4) is 5.75 Å². The molecule has 142 valence electrons. The first-order valence-electron chi connectivity index (χ1n) is 9.02. The lowest BCUT2D eigenvalue weighted by molar-refractivity contribution is -0.122. The van der Waals surface area contributed by atoms with Crippen LogP contribution in [0.3, 0.4) is 0 Å². The molecule has 0 spiro atoms. The van der Waals surface area contributed by atoms with E-state index in [9.17, 15) is 9.59 Å². The molecule has 3 aromatic carbocycles. The third kappa shape index (κ3) is 5.20. The number of rotatable bonds is 6. The number of benzene rings is 3. The van der Waals surface area contributed by atoms with Gasteiger partial charge in [-0.15, -0.1) is 0 Å². The highest BCUT2D eigenvalue weighted by molar-refractivity contribution is 6.04. The highest BCUT2D eigenvalue weighted by Gasteiger charge is 2.15. The second kappa shape index (κ2) is 8.86. The molecule has 2 N–H and O–H groups in total. The zero-order valence-electron chi connectivity index (χ0n) is 15.8. The highest BCUT2D eigenvalue weighted by atomic mass is 16.5. The zero-order valence-corrected chi connectivity index (χ0v) is 15.8. The van der Waals surface area contributed by atoms with E-state index in [1.54, 1.807) is 43.3 Å². The van der Waals surface area contributed by atoms with Crippen LogP contribution in [0.25, 0.3) is 0 Å². The van der Waals surface area contributed by atoms with Crippen molar-refractivity contribution in [3.05, 3.63) is 90.0 Å². The molecule has 1 unspecified atom stereocenters. The molecule has 3 aromatic rings. The van der Waals surface area contributed by atoms with Crippen LogP contribution < -0.4 is 15.4 Å². The van der Waals surface area contributed by atoms with Gasteiger partial charge in [-0.05, 0) is 67.9 Å². The van der Waals surface area contributed by atoms with E-state index in [4.69, 9.17) is 4.74 Å². The molecule has 0 fully saturated rings. The van der Waals surface area contributed by atoms with Crippen molar-refractivity contribution in [2.24, 2.45) is 0 Å². The van der Waals surface area contributed by atoms with E-state index in [1.165, 1.54) is 0 Å². The van der Waals surface area contributed by atoms with Crippen molar-refractivity contribution in [2.75, 3.05) is 10.6 Å². The molecule has 0 saturated heterocycles. The lowest BCUT2D eigenvalue weighted by Crippen LogP contribution is -2.30. The second-order valence-electron chi connectivity index (χ2n) is 6.46. The van der Waals surface area contributed by atoms with Gasteiger partial charge in [-0.3, -0.25) is 9.59 Å². The Bertz CT molecular complexity index is 953. The molecular weight excluding hydrogens is 352 g/mol. The van der Waals surface area contributed by atoms with Gasteiger partial charge in [-0.1, -0.05) is 30.3 Å². The Balaban J connectivity index is 1.56. The molecule has 2 amide bonds. The molecule has 0 aliphatic rings. The Kier molecular flexibility index (Phi) is 6.07. The SMILES string of the molecule is Cc1cccc(OC(C)C(=O)Nc2ccc(NC(=O)c3ccccc3)cc2)c1. The summed E-state index contributed by atoms with van der Waals surface area (Å²) in [4.78, 5) is 24.5. The quantitative estimate of drug-likeness (QED) is 0.660. The average molecular weight is 374 g/mol. The van der Waals surface area contributed by atoms with Crippen LogP contribution in [-0.4, -0.2) is 17.9 Å². The minimum absolute atomic E-state index is 0.183. The molecule has 0 aliphatic carbocycles. The Morgan fingerprint density at radius 1 is 0.821 bits per heavy atom.